The fourth-order valence-corrected chi connectivity index (χ4v) is 0.453. The van der Waals surface area contributed by atoms with E-state index in [9.17, 15) is 14.9 Å². The first-order valence-electron chi connectivity index (χ1n) is 3.19. The summed E-state index contributed by atoms with van der Waals surface area (Å²) in [6.07, 6.45) is 0.517. The average Bonchev–Trinajstić information content (AvgIpc) is 2.04. The molecule has 0 rings (SSSR count). The van der Waals surface area contributed by atoms with Crippen LogP contribution in [0.15, 0.2) is 17.0 Å². The summed E-state index contributed by atoms with van der Waals surface area (Å²) in [5, 5.41) is 12.8. The van der Waals surface area contributed by atoms with Gasteiger partial charge in [0, 0.05) is 5.53 Å². The topological polar surface area (TPSA) is 118 Å². The molecule has 0 aliphatic heterocycles. The van der Waals surface area contributed by atoms with E-state index in [1.54, 1.807) is 6.92 Å². The standard InChI is InChI=1S/C5H6N4O4/c1-2-13-5(10)3-4(7-8-6)9(11)12/h3H,2H2,1H3/b4-3+. The van der Waals surface area contributed by atoms with Crippen molar-refractivity contribution in [2.45, 2.75) is 6.92 Å². The SMILES string of the molecule is CCOC(=O)/C=C(\N=[N+]=[N-])[N+](=O)[O-]. The average molecular weight is 186 g/mol. The lowest BCUT2D eigenvalue weighted by Crippen LogP contribution is -2.04. The van der Waals surface area contributed by atoms with Crippen molar-refractivity contribution in [3.8, 4) is 0 Å². The molecule has 70 valence electrons. The lowest BCUT2D eigenvalue weighted by Gasteiger charge is -1.92. The molecule has 0 aromatic heterocycles. The van der Waals surface area contributed by atoms with Crippen LogP contribution in [0.4, 0.5) is 0 Å². The number of hydrogen-bond donors (Lipinski definition) is 0. The summed E-state index contributed by atoms with van der Waals surface area (Å²) in [7, 11) is 0. The molecule has 0 atom stereocenters. The summed E-state index contributed by atoms with van der Waals surface area (Å²) in [6, 6.07) is 0. The van der Waals surface area contributed by atoms with Crippen LogP contribution in [0.2, 0.25) is 0 Å². The third-order valence-electron chi connectivity index (χ3n) is 0.868. The highest BCUT2D eigenvalue weighted by molar-refractivity contribution is 5.82. The van der Waals surface area contributed by atoms with E-state index in [1.165, 1.54) is 0 Å². The van der Waals surface area contributed by atoms with Gasteiger partial charge < -0.3 is 14.9 Å². The van der Waals surface area contributed by atoms with Gasteiger partial charge in [0.2, 0.25) is 4.91 Å². The Kier molecular flexibility index (Phi) is 4.67. The number of rotatable bonds is 4. The molecule has 0 spiro atoms. The molecule has 13 heavy (non-hydrogen) atoms. The first-order valence-corrected chi connectivity index (χ1v) is 3.19. The zero-order chi connectivity index (χ0) is 10.3. The van der Waals surface area contributed by atoms with E-state index in [0.717, 1.165) is 0 Å². The van der Waals surface area contributed by atoms with E-state index in [1.807, 2.05) is 0 Å². The maximum atomic E-state index is 10.6. The molecule has 0 saturated heterocycles. The normalized spacial score (nSPS) is 10.1. The summed E-state index contributed by atoms with van der Waals surface area (Å²) < 4.78 is 4.37. The summed E-state index contributed by atoms with van der Waals surface area (Å²) in [4.78, 5) is 21.9. The first kappa shape index (κ1) is 10.9. The highest BCUT2D eigenvalue weighted by Gasteiger charge is 2.18. The third kappa shape index (κ3) is 4.38. The van der Waals surface area contributed by atoms with Crippen LogP contribution in [-0.4, -0.2) is 17.5 Å². The van der Waals surface area contributed by atoms with E-state index in [2.05, 4.69) is 14.8 Å². The molecule has 0 aromatic rings. The van der Waals surface area contributed by atoms with Gasteiger partial charge in [0.05, 0.1) is 6.61 Å². The molecular weight excluding hydrogens is 180 g/mol. The quantitative estimate of drug-likeness (QED) is 0.123. The van der Waals surface area contributed by atoms with Crippen LogP contribution in [0.5, 0.6) is 0 Å². The molecule has 0 heterocycles. The number of ether oxygens (including phenoxy) is 1. The molecule has 0 amide bonds. The van der Waals surface area contributed by atoms with Crippen molar-refractivity contribution in [1.82, 2.24) is 0 Å². The zero-order valence-electron chi connectivity index (χ0n) is 6.71. The molecule has 8 heteroatoms. The zero-order valence-corrected chi connectivity index (χ0v) is 6.71. The summed E-state index contributed by atoms with van der Waals surface area (Å²) in [5.74, 6) is -1.80. The second-order valence-corrected chi connectivity index (χ2v) is 1.70. The fourth-order valence-electron chi connectivity index (χ4n) is 0.453. The number of azide groups is 1. The van der Waals surface area contributed by atoms with Crippen molar-refractivity contribution in [1.29, 1.82) is 0 Å². The van der Waals surface area contributed by atoms with Crippen molar-refractivity contribution in [2.24, 2.45) is 5.11 Å². The summed E-state index contributed by atoms with van der Waals surface area (Å²) in [5.41, 5.74) is 7.89. The largest absolute Gasteiger partial charge is 0.463 e. The van der Waals surface area contributed by atoms with Crippen molar-refractivity contribution >= 4 is 5.97 Å². The molecule has 0 aliphatic carbocycles. The van der Waals surface area contributed by atoms with Gasteiger partial charge in [-0.2, -0.15) is 0 Å². The van der Waals surface area contributed by atoms with Gasteiger partial charge >= 0.3 is 16.9 Å². The highest BCUT2D eigenvalue weighted by atomic mass is 16.6. The van der Waals surface area contributed by atoms with Crippen LogP contribution in [0, 0.1) is 10.1 Å². The van der Waals surface area contributed by atoms with Crippen LogP contribution in [0.1, 0.15) is 6.92 Å². The lowest BCUT2D eigenvalue weighted by atomic mass is 10.5. The fraction of sp³-hybridized carbons (Fsp3) is 0.400. The van der Waals surface area contributed by atoms with E-state index in [0.29, 0.717) is 6.08 Å². The smallest absolute Gasteiger partial charge is 0.463 e. The lowest BCUT2D eigenvalue weighted by molar-refractivity contribution is -0.426. The van der Waals surface area contributed by atoms with Gasteiger partial charge in [-0.25, -0.2) is 4.79 Å². The predicted molar refractivity (Wildman–Crippen MR) is 40.9 cm³/mol. The van der Waals surface area contributed by atoms with Gasteiger partial charge in [-0.3, -0.25) is 0 Å². The molecule has 8 nitrogen and oxygen atoms in total. The van der Waals surface area contributed by atoms with Crippen LogP contribution < -0.4 is 0 Å². The second-order valence-electron chi connectivity index (χ2n) is 1.70. The Balaban J connectivity index is 4.62. The van der Waals surface area contributed by atoms with E-state index in [-0.39, 0.29) is 6.61 Å². The minimum absolute atomic E-state index is 0.0938. The van der Waals surface area contributed by atoms with Crippen molar-refractivity contribution in [3.63, 3.8) is 0 Å². The molecule has 0 saturated carbocycles. The maximum absolute atomic E-state index is 10.6. The van der Waals surface area contributed by atoms with Crippen LogP contribution in [-0.2, 0) is 9.53 Å². The number of hydrogen-bond acceptors (Lipinski definition) is 5. The second kappa shape index (κ2) is 5.56. The van der Waals surface area contributed by atoms with Crippen LogP contribution in [0.3, 0.4) is 0 Å². The molecule has 0 bridgehead atoms. The van der Waals surface area contributed by atoms with Gasteiger partial charge in [0.25, 0.3) is 0 Å². The molecule has 0 fully saturated rings. The van der Waals surface area contributed by atoms with Crippen LogP contribution in [0.25, 0.3) is 10.4 Å². The number of carbonyl (C=O) groups excluding carboxylic acids is 1. The van der Waals surface area contributed by atoms with Gasteiger partial charge in [0.15, 0.2) is 0 Å². The number of nitro groups is 1. The minimum Gasteiger partial charge on any atom is -0.463 e. The Labute approximate surface area is 72.6 Å². The molecule has 0 radical (unpaired) electrons. The Morgan fingerprint density at radius 2 is 2.46 bits per heavy atom. The molecule has 0 unspecified atom stereocenters. The predicted octanol–water partition coefficient (Wildman–Crippen LogP) is 0.978. The van der Waals surface area contributed by atoms with Crippen molar-refractivity contribution in [2.75, 3.05) is 6.61 Å². The van der Waals surface area contributed by atoms with E-state index < -0.39 is 16.7 Å². The summed E-state index contributed by atoms with van der Waals surface area (Å²) in [6.45, 7) is 1.64. The first-order chi connectivity index (χ1) is 6.11. The Morgan fingerprint density at radius 3 is 2.85 bits per heavy atom. The minimum atomic E-state index is -0.976. The van der Waals surface area contributed by atoms with Gasteiger partial charge in [0.1, 0.15) is 6.08 Å². The van der Waals surface area contributed by atoms with Gasteiger partial charge in [-0.1, -0.05) is 0 Å². The highest BCUT2D eigenvalue weighted by Crippen LogP contribution is 1.98. The van der Waals surface area contributed by atoms with E-state index >= 15 is 0 Å². The van der Waals surface area contributed by atoms with E-state index in [4.69, 9.17) is 5.53 Å². The number of carbonyl (C=O) groups is 1. The maximum Gasteiger partial charge on any atom is 0.463 e. The molecule has 0 aromatic carbocycles. The Hall–Kier alpha value is -2.08. The van der Waals surface area contributed by atoms with Crippen molar-refractivity contribution in [3.05, 3.63) is 32.5 Å². The van der Waals surface area contributed by atoms with Crippen LogP contribution >= 0.6 is 0 Å². The Morgan fingerprint density at radius 1 is 1.85 bits per heavy atom. The number of nitrogens with zero attached hydrogens (tertiary/aromatic N) is 4. The van der Waals surface area contributed by atoms with Gasteiger partial charge in [-0.05, 0) is 11.8 Å². The summed E-state index contributed by atoms with van der Waals surface area (Å²) >= 11 is 0. The third-order valence-corrected chi connectivity index (χ3v) is 0.868. The Bertz CT molecular complexity index is 287. The van der Waals surface area contributed by atoms with Crippen molar-refractivity contribution < 1.29 is 14.5 Å². The monoisotopic (exact) mass is 186 g/mol. The molecule has 0 aliphatic rings. The number of esters is 1. The van der Waals surface area contributed by atoms with Gasteiger partial charge in [-0.15, -0.1) is 0 Å². The molecular formula is C5H6N4O4. The molecule has 0 N–H and O–H groups in total.